The lowest BCUT2D eigenvalue weighted by molar-refractivity contribution is -0.113. The number of nitrogens with one attached hydrogen (secondary N) is 2. The van der Waals surface area contributed by atoms with Gasteiger partial charge in [0.05, 0.1) is 17.1 Å². The van der Waals surface area contributed by atoms with Gasteiger partial charge in [0.2, 0.25) is 0 Å². The van der Waals surface area contributed by atoms with Crippen LogP contribution in [0.1, 0.15) is 37.1 Å². The van der Waals surface area contributed by atoms with Gasteiger partial charge in [0.25, 0.3) is 5.91 Å². The third-order valence-corrected chi connectivity index (χ3v) is 4.88. The Morgan fingerprint density at radius 1 is 1.11 bits per heavy atom. The van der Waals surface area contributed by atoms with Crippen molar-refractivity contribution in [3.63, 3.8) is 0 Å². The second-order valence-electron chi connectivity index (χ2n) is 6.98. The molecule has 2 aromatic heterocycles. The Hall–Kier alpha value is -2.12. The maximum atomic E-state index is 12.5. The smallest absolute Gasteiger partial charge is 0.272 e. The van der Waals surface area contributed by atoms with Crippen LogP contribution in [0.5, 0.6) is 0 Å². The molecule has 2 fully saturated rings. The fourth-order valence-corrected chi connectivity index (χ4v) is 3.34. The topological polar surface area (TPSA) is 110 Å². The number of aryl methyl sites for hydroxylation is 2. The first-order chi connectivity index (χ1) is 12.0. The maximum absolute atomic E-state index is 12.5. The van der Waals surface area contributed by atoms with Crippen LogP contribution < -0.4 is 11.1 Å². The highest BCUT2D eigenvalue weighted by Gasteiger charge is 2.39. The fourth-order valence-electron chi connectivity index (χ4n) is 3.34. The molecule has 7 nitrogen and oxygen atoms in total. The standard InChI is InChI=1S/C18H22N6O.2ClH/c1-9-15(10(2)22-21-9)13-7-8-14(24-23-13)20-18(25)17(19)16(11-3-4-11)12-5-6-12;;/h7-8,11-12H,3-6,19H2,1-2H3,(H,21,22)(H,20,24,25);2*1H. The van der Waals surface area contributed by atoms with Crippen molar-refractivity contribution in [2.45, 2.75) is 39.5 Å². The minimum Gasteiger partial charge on any atom is -0.394 e. The predicted octanol–water partition coefficient (Wildman–Crippen LogP) is 3.30. The van der Waals surface area contributed by atoms with Gasteiger partial charge < -0.3 is 11.1 Å². The molecule has 0 atom stereocenters. The van der Waals surface area contributed by atoms with Crippen molar-refractivity contribution in [1.29, 1.82) is 0 Å². The molecule has 2 aliphatic rings. The largest absolute Gasteiger partial charge is 0.394 e. The van der Waals surface area contributed by atoms with Crippen molar-refractivity contribution in [2.75, 3.05) is 5.32 Å². The van der Waals surface area contributed by atoms with Crippen LogP contribution in [-0.2, 0) is 4.79 Å². The maximum Gasteiger partial charge on any atom is 0.272 e. The Balaban J connectivity index is 0.00000131. The molecule has 0 aromatic carbocycles. The number of halogens is 2. The van der Waals surface area contributed by atoms with E-state index in [1.54, 1.807) is 6.07 Å². The highest BCUT2D eigenvalue weighted by molar-refractivity contribution is 6.03. The van der Waals surface area contributed by atoms with E-state index in [1.165, 1.54) is 0 Å². The molecule has 4 N–H and O–H groups in total. The summed E-state index contributed by atoms with van der Waals surface area (Å²) in [7, 11) is 0. The minimum atomic E-state index is -0.272. The van der Waals surface area contributed by atoms with Crippen LogP contribution >= 0.6 is 24.8 Å². The number of nitrogens with zero attached hydrogens (tertiary/aromatic N) is 3. The van der Waals surface area contributed by atoms with Gasteiger partial charge in [-0.15, -0.1) is 35.0 Å². The number of carbonyl (C=O) groups is 1. The minimum absolute atomic E-state index is 0. The number of allylic oxidation sites excluding steroid dienone is 1. The van der Waals surface area contributed by atoms with Crippen molar-refractivity contribution in [2.24, 2.45) is 17.6 Å². The lowest BCUT2D eigenvalue weighted by Gasteiger charge is -2.10. The molecule has 0 unspecified atom stereocenters. The van der Waals surface area contributed by atoms with Gasteiger partial charge in [0, 0.05) is 11.3 Å². The fraction of sp³-hybridized carbons (Fsp3) is 0.444. The second-order valence-corrected chi connectivity index (χ2v) is 6.98. The first-order valence-electron chi connectivity index (χ1n) is 8.71. The zero-order chi connectivity index (χ0) is 17.6. The van der Waals surface area contributed by atoms with E-state index in [9.17, 15) is 4.79 Å². The van der Waals surface area contributed by atoms with Crippen LogP contribution in [-0.4, -0.2) is 26.3 Å². The molecule has 2 saturated carbocycles. The van der Waals surface area contributed by atoms with Gasteiger partial charge in [-0.3, -0.25) is 9.89 Å². The summed E-state index contributed by atoms with van der Waals surface area (Å²) in [4.78, 5) is 12.5. The van der Waals surface area contributed by atoms with E-state index in [-0.39, 0.29) is 30.7 Å². The van der Waals surface area contributed by atoms with Gasteiger partial charge in [0.15, 0.2) is 5.82 Å². The molecule has 0 aliphatic heterocycles. The van der Waals surface area contributed by atoms with Crippen molar-refractivity contribution >= 4 is 36.5 Å². The van der Waals surface area contributed by atoms with E-state index in [4.69, 9.17) is 5.73 Å². The Morgan fingerprint density at radius 2 is 1.74 bits per heavy atom. The lowest BCUT2D eigenvalue weighted by Crippen LogP contribution is -2.23. The zero-order valence-electron chi connectivity index (χ0n) is 15.3. The first-order valence-corrected chi connectivity index (χ1v) is 8.71. The summed E-state index contributed by atoms with van der Waals surface area (Å²) in [5, 5.41) is 18.2. The second kappa shape index (κ2) is 8.27. The average molecular weight is 411 g/mol. The molecular weight excluding hydrogens is 387 g/mol. The van der Waals surface area contributed by atoms with Gasteiger partial charge in [-0.1, -0.05) is 0 Å². The molecule has 2 aromatic rings. The number of rotatable bonds is 5. The van der Waals surface area contributed by atoms with Crippen molar-refractivity contribution in [3.8, 4) is 11.3 Å². The normalized spacial score (nSPS) is 15.3. The number of aromatic nitrogens is 4. The van der Waals surface area contributed by atoms with Crippen LogP contribution in [0, 0.1) is 25.7 Å². The number of aromatic amines is 1. The number of nitrogens with two attached hydrogens (primary N) is 1. The highest BCUT2D eigenvalue weighted by atomic mass is 35.5. The van der Waals surface area contributed by atoms with E-state index in [1.807, 2.05) is 19.9 Å². The van der Waals surface area contributed by atoms with Crippen molar-refractivity contribution in [3.05, 3.63) is 34.8 Å². The van der Waals surface area contributed by atoms with Crippen LogP contribution in [0.25, 0.3) is 11.3 Å². The van der Waals surface area contributed by atoms with E-state index >= 15 is 0 Å². The lowest BCUT2D eigenvalue weighted by atomic mass is 10.0. The third kappa shape index (κ3) is 4.42. The molecule has 0 radical (unpaired) electrons. The van der Waals surface area contributed by atoms with Crippen LogP contribution in [0.15, 0.2) is 23.4 Å². The Kier molecular flexibility index (Phi) is 6.49. The van der Waals surface area contributed by atoms with Gasteiger partial charge in [-0.2, -0.15) is 5.10 Å². The molecule has 2 aliphatic carbocycles. The number of hydrogen-bond acceptors (Lipinski definition) is 5. The van der Waals surface area contributed by atoms with E-state index in [0.29, 0.717) is 23.4 Å². The van der Waals surface area contributed by atoms with Crippen LogP contribution in [0.2, 0.25) is 0 Å². The Morgan fingerprint density at radius 3 is 2.19 bits per heavy atom. The van der Waals surface area contributed by atoms with Gasteiger partial charge in [-0.05, 0) is 69.1 Å². The number of amides is 1. The molecule has 9 heteroatoms. The number of H-pyrrole nitrogens is 1. The first kappa shape index (κ1) is 21.2. The van der Waals surface area contributed by atoms with Crippen LogP contribution in [0.4, 0.5) is 5.82 Å². The Labute approximate surface area is 170 Å². The van der Waals surface area contributed by atoms with E-state index in [0.717, 1.165) is 53.9 Å². The van der Waals surface area contributed by atoms with Gasteiger partial charge in [-0.25, -0.2) is 0 Å². The summed E-state index contributed by atoms with van der Waals surface area (Å²) in [5.74, 6) is 1.16. The Bertz CT molecular complexity index is 820. The van der Waals surface area contributed by atoms with E-state index < -0.39 is 0 Å². The third-order valence-electron chi connectivity index (χ3n) is 4.88. The van der Waals surface area contributed by atoms with Gasteiger partial charge in [0.1, 0.15) is 0 Å². The molecule has 1 amide bonds. The van der Waals surface area contributed by atoms with Crippen molar-refractivity contribution in [1.82, 2.24) is 20.4 Å². The quantitative estimate of drug-likeness (QED) is 0.654. The monoisotopic (exact) mass is 410 g/mol. The molecule has 0 spiro atoms. The SMILES string of the molecule is Cc1n[nH]c(C)c1-c1ccc(NC(=O)C(N)=C(C2CC2)C2CC2)nn1.Cl.Cl. The molecule has 0 bridgehead atoms. The predicted molar refractivity (Wildman–Crippen MR) is 109 cm³/mol. The van der Waals surface area contributed by atoms with Crippen molar-refractivity contribution < 1.29 is 4.79 Å². The molecule has 2 heterocycles. The summed E-state index contributed by atoms with van der Waals surface area (Å²) in [5.41, 5.74) is 11.1. The number of anilines is 1. The van der Waals surface area contributed by atoms with Crippen LogP contribution in [0.3, 0.4) is 0 Å². The zero-order valence-corrected chi connectivity index (χ0v) is 16.9. The number of hydrogen-bond donors (Lipinski definition) is 3. The molecule has 146 valence electrons. The molecular formula is C18H24Cl2N6O. The molecule has 4 rings (SSSR count). The summed E-state index contributed by atoms with van der Waals surface area (Å²) in [6.45, 7) is 3.86. The summed E-state index contributed by atoms with van der Waals surface area (Å²) in [6, 6.07) is 3.57. The van der Waals surface area contributed by atoms with E-state index in [2.05, 4.69) is 25.7 Å². The van der Waals surface area contributed by atoms with Gasteiger partial charge >= 0.3 is 0 Å². The summed E-state index contributed by atoms with van der Waals surface area (Å²) < 4.78 is 0. The summed E-state index contributed by atoms with van der Waals surface area (Å²) >= 11 is 0. The molecule has 27 heavy (non-hydrogen) atoms. The summed E-state index contributed by atoms with van der Waals surface area (Å²) in [6.07, 6.45) is 4.60. The number of carbonyl (C=O) groups excluding carboxylic acids is 1. The highest BCUT2D eigenvalue weighted by Crippen LogP contribution is 2.49. The average Bonchev–Trinajstić information content (AvgIpc) is 3.51. The molecule has 0 saturated heterocycles.